The molecule has 30 heavy (non-hydrogen) atoms. The number of aromatic amines is 1. The molecule has 8 heteroatoms. The Morgan fingerprint density at radius 2 is 2.17 bits per heavy atom. The highest BCUT2D eigenvalue weighted by Gasteiger charge is 2.22. The predicted octanol–water partition coefficient (Wildman–Crippen LogP) is 3.46. The van der Waals surface area contributed by atoms with E-state index in [2.05, 4.69) is 53.9 Å². The van der Waals surface area contributed by atoms with Gasteiger partial charge in [0, 0.05) is 38.3 Å². The van der Waals surface area contributed by atoms with Crippen molar-refractivity contribution in [3.8, 4) is 11.4 Å². The summed E-state index contributed by atoms with van der Waals surface area (Å²) in [5, 5.41) is 14.6. The van der Waals surface area contributed by atoms with Gasteiger partial charge in [0.1, 0.15) is 6.33 Å². The Labute approximate surface area is 181 Å². The summed E-state index contributed by atoms with van der Waals surface area (Å²) < 4.78 is 0. The minimum Gasteiger partial charge on any atom is -0.368 e. The summed E-state index contributed by atoms with van der Waals surface area (Å²) in [7, 11) is 1.80. The molecule has 2 aromatic carbocycles. The largest absolute Gasteiger partial charge is 0.368 e. The highest BCUT2D eigenvalue weighted by atomic mass is 35.5. The third-order valence-electron chi connectivity index (χ3n) is 5.25. The zero-order valence-corrected chi connectivity index (χ0v) is 17.7. The maximum absolute atomic E-state index is 6.40. The van der Waals surface area contributed by atoms with Crippen molar-refractivity contribution in [1.82, 2.24) is 25.8 Å². The van der Waals surface area contributed by atoms with Gasteiger partial charge in [0.05, 0.1) is 10.7 Å². The van der Waals surface area contributed by atoms with Gasteiger partial charge in [0.2, 0.25) is 0 Å². The van der Waals surface area contributed by atoms with E-state index in [1.807, 2.05) is 30.3 Å². The van der Waals surface area contributed by atoms with Crippen LogP contribution < -0.4 is 15.5 Å². The first kappa shape index (κ1) is 20.2. The summed E-state index contributed by atoms with van der Waals surface area (Å²) in [4.78, 5) is 11.0. The predicted molar refractivity (Wildman–Crippen MR) is 122 cm³/mol. The normalized spacial score (nSPS) is 17.1. The number of aromatic nitrogens is 3. The number of para-hydroxylation sites is 1. The number of hydrogen-bond donors (Lipinski definition) is 3. The van der Waals surface area contributed by atoms with Crippen molar-refractivity contribution in [2.45, 2.75) is 25.4 Å². The quantitative estimate of drug-likeness (QED) is 0.432. The van der Waals surface area contributed by atoms with Gasteiger partial charge in [0.25, 0.3) is 0 Å². The van der Waals surface area contributed by atoms with Gasteiger partial charge in [-0.25, -0.2) is 4.98 Å². The first-order valence-electron chi connectivity index (χ1n) is 10.1. The van der Waals surface area contributed by atoms with Crippen molar-refractivity contribution >= 4 is 23.2 Å². The number of nitrogens with zero attached hydrogens (tertiary/aromatic N) is 4. The van der Waals surface area contributed by atoms with Crippen LogP contribution in [0.4, 0.5) is 5.69 Å². The molecule has 0 aliphatic carbocycles. The molecular weight excluding hydrogens is 398 g/mol. The molecule has 1 aliphatic rings. The van der Waals surface area contributed by atoms with Crippen molar-refractivity contribution in [2.75, 3.05) is 25.0 Å². The minimum atomic E-state index is 0.307. The molecule has 0 spiro atoms. The number of halogens is 1. The van der Waals surface area contributed by atoms with E-state index in [0.29, 0.717) is 12.6 Å². The molecule has 1 atom stereocenters. The van der Waals surface area contributed by atoms with Crippen LogP contribution >= 0.6 is 11.6 Å². The van der Waals surface area contributed by atoms with Crippen LogP contribution in [0.15, 0.2) is 59.9 Å². The Morgan fingerprint density at radius 3 is 2.97 bits per heavy atom. The highest BCUT2D eigenvalue weighted by molar-refractivity contribution is 6.33. The number of H-pyrrole nitrogens is 1. The molecule has 3 aromatic rings. The molecule has 156 valence electrons. The summed E-state index contributed by atoms with van der Waals surface area (Å²) in [6.45, 7) is 2.58. The fourth-order valence-electron chi connectivity index (χ4n) is 3.77. The van der Waals surface area contributed by atoms with Crippen LogP contribution in [0.25, 0.3) is 11.4 Å². The molecule has 2 heterocycles. The van der Waals surface area contributed by atoms with Crippen LogP contribution in [-0.2, 0) is 6.54 Å². The van der Waals surface area contributed by atoms with E-state index in [1.54, 1.807) is 7.05 Å². The average molecular weight is 424 g/mol. The molecular formula is C22H26ClN7. The Kier molecular flexibility index (Phi) is 6.49. The molecule has 0 amide bonds. The van der Waals surface area contributed by atoms with Crippen LogP contribution in [0.5, 0.6) is 0 Å². The fourth-order valence-corrected chi connectivity index (χ4v) is 4.02. The zero-order chi connectivity index (χ0) is 20.8. The second kappa shape index (κ2) is 9.63. The average Bonchev–Trinajstić information content (AvgIpc) is 3.32. The second-order valence-electron chi connectivity index (χ2n) is 7.34. The maximum atomic E-state index is 6.40. The number of benzene rings is 2. The number of anilines is 1. The van der Waals surface area contributed by atoms with Crippen molar-refractivity contribution in [1.29, 1.82) is 0 Å². The molecule has 1 aromatic heterocycles. The minimum absolute atomic E-state index is 0.307. The molecule has 1 aliphatic heterocycles. The lowest BCUT2D eigenvalue weighted by Crippen LogP contribution is -2.51. The highest BCUT2D eigenvalue weighted by Crippen LogP contribution is 2.27. The Morgan fingerprint density at radius 1 is 1.27 bits per heavy atom. The van der Waals surface area contributed by atoms with E-state index in [9.17, 15) is 0 Å². The maximum Gasteiger partial charge on any atom is 0.191 e. The Bertz CT molecular complexity index is 987. The van der Waals surface area contributed by atoms with Crippen molar-refractivity contribution in [3.63, 3.8) is 0 Å². The van der Waals surface area contributed by atoms with Crippen molar-refractivity contribution < 1.29 is 0 Å². The second-order valence-corrected chi connectivity index (χ2v) is 7.75. The van der Waals surface area contributed by atoms with Gasteiger partial charge in [-0.3, -0.25) is 10.1 Å². The first-order valence-corrected chi connectivity index (χ1v) is 10.5. The number of hydrogen-bond acceptors (Lipinski definition) is 4. The molecule has 7 nitrogen and oxygen atoms in total. The number of aliphatic imine (C=N–C) groups is 1. The van der Waals surface area contributed by atoms with Gasteiger partial charge in [-0.2, -0.15) is 5.10 Å². The van der Waals surface area contributed by atoms with Crippen molar-refractivity contribution in [2.24, 2.45) is 4.99 Å². The number of rotatable bonds is 5. The lowest BCUT2D eigenvalue weighted by molar-refractivity contribution is 0.468. The van der Waals surface area contributed by atoms with Gasteiger partial charge in [-0.15, -0.1) is 0 Å². The van der Waals surface area contributed by atoms with Crippen LogP contribution in [0.2, 0.25) is 5.02 Å². The van der Waals surface area contributed by atoms with Crippen LogP contribution in [0.1, 0.15) is 18.4 Å². The van der Waals surface area contributed by atoms with Gasteiger partial charge >= 0.3 is 0 Å². The SMILES string of the molecule is CN=C(NCc1cccc(-c2ncn[nH]2)c1)NC1CCCN(c2ccccc2Cl)C1. The van der Waals surface area contributed by atoms with Gasteiger partial charge in [0.15, 0.2) is 11.8 Å². The third-order valence-corrected chi connectivity index (χ3v) is 5.57. The molecule has 4 rings (SSSR count). The Balaban J connectivity index is 1.35. The lowest BCUT2D eigenvalue weighted by atomic mass is 10.0. The smallest absolute Gasteiger partial charge is 0.191 e. The van der Waals surface area contributed by atoms with E-state index in [0.717, 1.165) is 59.6 Å². The van der Waals surface area contributed by atoms with Crippen LogP contribution in [0.3, 0.4) is 0 Å². The summed E-state index contributed by atoms with van der Waals surface area (Å²) >= 11 is 6.40. The van der Waals surface area contributed by atoms with Gasteiger partial charge < -0.3 is 15.5 Å². The lowest BCUT2D eigenvalue weighted by Gasteiger charge is -2.35. The summed E-state index contributed by atoms with van der Waals surface area (Å²) in [5.74, 6) is 1.56. The molecule has 3 N–H and O–H groups in total. The number of nitrogens with one attached hydrogen (secondary N) is 3. The molecule has 0 saturated carbocycles. The van der Waals surface area contributed by atoms with E-state index < -0.39 is 0 Å². The topological polar surface area (TPSA) is 81.2 Å². The molecule has 0 bridgehead atoms. The monoisotopic (exact) mass is 423 g/mol. The van der Waals surface area contributed by atoms with Gasteiger partial charge in [-0.05, 0) is 36.6 Å². The van der Waals surface area contributed by atoms with Gasteiger partial charge in [-0.1, -0.05) is 41.9 Å². The van der Waals surface area contributed by atoms with E-state index in [4.69, 9.17) is 11.6 Å². The number of piperidine rings is 1. The zero-order valence-electron chi connectivity index (χ0n) is 17.0. The fraction of sp³-hybridized carbons (Fsp3) is 0.318. The first-order chi connectivity index (χ1) is 14.7. The summed E-state index contributed by atoms with van der Waals surface area (Å²) in [6.07, 6.45) is 3.73. The van der Waals surface area contributed by atoms with E-state index in [1.165, 1.54) is 6.33 Å². The molecule has 1 unspecified atom stereocenters. The van der Waals surface area contributed by atoms with Crippen LogP contribution in [-0.4, -0.2) is 47.3 Å². The summed E-state index contributed by atoms with van der Waals surface area (Å²) in [6, 6.07) is 16.6. The number of guanidine groups is 1. The van der Waals surface area contributed by atoms with E-state index in [-0.39, 0.29) is 0 Å². The van der Waals surface area contributed by atoms with E-state index >= 15 is 0 Å². The molecule has 1 saturated heterocycles. The Hall–Kier alpha value is -3.06. The molecule has 1 fully saturated rings. The third kappa shape index (κ3) is 4.91. The van der Waals surface area contributed by atoms with Crippen LogP contribution in [0, 0.1) is 0 Å². The summed E-state index contributed by atoms with van der Waals surface area (Å²) in [5.41, 5.74) is 3.25. The standard InChI is InChI=1S/C22H26ClN7/c1-24-22(25-13-16-6-4-7-17(12-16)21-26-15-27-29-21)28-18-8-5-11-30(14-18)20-10-3-2-9-19(20)23/h2-4,6-7,9-10,12,15,18H,5,8,11,13-14H2,1H3,(H2,24,25,28)(H,26,27,29). The van der Waals surface area contributed by atoms with Crippen molar-refractivity contribution in [3.05, 3.63) is 65.4 Å². The molecule has 0 radical (unpaired) electrons.